The van der Waals surface area contributed by atoms with Crippen molar-refractivity contribution in [2.75, 3.05) is 0 Å². The molecule has 3 heterocycles. The third-order valence-electron chi connectivity index (χ3n) is 2.45. The fourth-order valence-corrected chi connectivity index (χ4v) is 2.91. The van der Waals surface area contributed by atoms with Crippen molar-refractivity contribution < 1.29 is 4.57 Å². The van der Waals surface area contributed by atoms with E-state index >= 15 is 0 Å². The van der Waals surface area contributed by atoms with E-state index in [9.17, 15) is 4.57 Å². The second-order valence-corrected chi connectivity index (χ2v) is 5.11. The molecular formula is C11H9N4OP. The lowest BCUT2D eigenvalue weighted by molar-refractivity contribution is 0.588. The Kier molecular flexibility index (Phi) is 2.46. The van der Waals surface area contributed by atoms with E-state index in [1.807, 2.05) is 12.1 Å². The van der Waals surface area contributed by atoms with E-state index in [0.717, 1.165) is 5.39 Å². The first-order chi connectivity index (χ1) is 8.36. The van der Waals surface area contributed by atoms with E-state index in [1.54, 1.807) is 35.1 Å². The second kappa shape index (κ2) is 4.11. The van der Waals surface area contributed by atoms with Gasteiger partial charge in [-0.3, -0.25) is 13.9 Å². The molecule has 0 aromatic carbocycles. The highest BCUT2D eigenvalue weighted by molar-refractivity contribution is 7.51. The van der Waals surface area contributed by atoms with E-state index in [1.165, 1.54) is 6.33 Å². The Morgan fingerprint density at radius 3 is 2.94 bits per heavy atom. The molecule has 0 N–H and O–H groups in total. The summed E-state index contributed by atoms with van der Waals surface area (Å²) in [5.74, 6) is 0. The minimum atomic E-state index is -2.16. The van der Waals surface area contributed by atoms with Gasteiger partial charge in [0, 0.05) is 24.0 Å². The molecule has 5 nitrogen and oxygen atoms in total. The van der Waals surface area contributed by atoms with Gasteiger partial charge in [0.2, 0.25) is 7.95 Å². The van der Waals surface area contributed by atoms with Crippen molar-refractivity contribution in [2.45, 2.75) is 0 Å². The highest BCUT2D eigenvalue weighted by Gasteiger charge is 2.10. The van der Waals surface area contributed by atoms with Crippen LogP contribution >= 0.6 is 7.95 Å². The lowest BCUT2D eigenvalue weighted by Crippen LogP contribution is -2.05. The maximum atomic E-state index is 12.3. The summed E-state index contributed by atoms with van der Waals surface area (Å²) in [4.78, 5) is 12.2. The second-order valence-electron chi connectivity index (χ2n) is 3.51. The zero-order valence-corrected chi connectivity index (χ0v) is 9.82. The number of fused-ring (bicyclic) bond motifs is 1. The average Bonchev–Trinajstić information content (AvgIpc) is 2.83. The van der Waals surface area contributed by atoms with Crippen LogP contribution in [0.25, 0.3) is 11.0 Å². The van der Waals surface area contributed by atoms with Crippen LogP contribution in [0.2, 0.25) is 0 Å². The van der Waals surface area contributed by atoms with Crippen molar-refractivity contribution in [3.05, 3.63) is 49.2 Å². The molecule has 84 valence electrons. The van der Waals surface area contributed by atoms with Gasteiger partial charge in [-0.15, -0.1) is 0 Å². The molecule has 3 rings (SSSR count). The zero-order chi connectivity index (χ0) is 11.7. The Labute approximate surface area is 98.0 Å². The molecule has 6 heteroatoms. The molecule has 0 amide bonds. The maximum absolute atomic E-state index is 12.3. The van der Waals surface area contributed by atoms with Crippen molar-refractivity contribution in [3.8, 4) is 0 Å². The van der Waals surface area contributed by atoms with E-state index in [4.69, 9.17) is 0 Å². The molecular weight excluding hydrogens is 235 g/mol. The van der Waals surface area contributed by atoms with Crippen molar-refractivity contribution in [2.24, 2.45) is 0 Å². The maximum Gasteiger partial charge on any atom is 0.212 e. The molecule has 1 unspecified atom stereocenters. The lowest BCUT2D eigenvalue weighted by Gasteiger charge is -2.03. The summed E-state index contributed by atoms with van der Waals surface area (Å²) in [5, 5.41) is 0.877. The zero-order valence-electron chi connectivity index (χ0n) is 8.82. The van der Waals surface area contributed by atoms with Gasteiger partial charge in [-0.25, -0.2) is 9.97 Å². The van der Waals surface area contributed by atoms with Gasteiger partial charge in [0.05, 0.1) is 0 Å². The minimum absolute atomic E-state index is 0.577. The van der Waals surface area contributed by atoms with Crippen LogP contribution in [0.5, 0.6) is 0 Å². The number of pyridine rings is 1. The highest BCUT2D eigenvalue weighted by Crippen LogP contribution is 2.27. The summed E-state index contributed by atoms with van der Waals surface area (Å²) < 4.78 is 14.0. The van der Waals surface area contributed by atoms with Crippen LogP contribution in [-0.4, -0.2) is 19.3 Å². The van der Waals surface area contributed by atoms with Crippen LogP contribution in [0.3, 0.4) is 0 Å². The van der Waals surface area contributed by atoms with Crippen molar-refractivity contribution in [3.63, 3.8) is 0 Å². The molecule has 3 aromatic heterocycles. The summed E-state index contributed by atoms with van der Waals surface area (Å²) >= 11 is 0. The summed E-state index contributed by atoms with van der Waals surface area (Å²) in [5.41, 5.74) is 1.25. The van der Waals surface area contributed by atoms with E-state index in [-0.39, 0.29) is 0 Å². The van der Waals surface area contributed by atoms with Crippen LogP contribution in [0.1, 0.15) is 0 Å². The molecule has 0 fully saturated rings. The molecule has 17 heavy (non-hydrogen) atoms. The van der Waals surface area contributed by atoms with Gasteiger partial charge in [-0.2, -0.15) is 0 Å². The normalized spacial score (nSPS) is 12.7. The van der Waals surface area contributed by atoms with Crippen LogP contribution in [0, 0.1) is 0 Å². The van der Waals surface area contributed by atoms with Crippen LogP contribution < -0.4 is 5.44 Å². The van der Waals surface area contributed by atoms with Crippen LogP contribution in [0.4, 0.5) is 0 Å². The van der Waals surface area contributed by atoms with Crippen LogP contribution in [0.15, 0.2) is 49.2 Å². The number of hydrogen-bond acceptors (Lipinski definition) is 4. The summed E-state index contributed by atoms with van der Waals surface area (Å²) in [6.45, 7) is 0. The summed E-state index contributed by atoms with van der Waals surface area (Å²) in [6, 6.07) is 7.23. The first-order valence-corrected chi connectivity index (χ1v) is 6.44. The minimum Gasteiger partial charge on any atom is -0.296 e. The summed E-state index contributed by atoms with van der Waals surface area (Å²) in [7, 11) is -2.16. The quantitative estimate of drug-likeness (QED) is 0.640. The predicted octanol–water partition coefficient (Wildman–Crippen LogP) is 1.47. The highest BCUT2D eigenvalue weighted by atomic mass is 31.1. The number of nitrogens with zero attached hydrogens (tertiary/aromatic N) is 4. The van der Waals surface area contributed by atoms with Gasteiger partial charge in [-0.05, 0) is 18.2 Å². The molecule has 0 spiro atoms. The standard InChI is InChI=1S/C11H9N4OP/c16-17(10-3-1-2-5-13-10)15-6-4-9-7-12-8-14-11(9)15/h1-8,17H. The predicted molar refractivity (Wildman–Crippen MR) is 65.8 cm³/mol. The Balaban J connectivity index is 2.14. The molecule has 0 aliphatic carbocycles. The molecule has 0 aliphatic heterocycles. The molecule has 0 bridgehead atoms. The van der Waals surface area contributed by atoms with Gasteiger partial charge < -0.3 is 0 Å². The van der Waals surface area contributed by atoms with Crippen molar-refractivity contribution in [1.29, 1.82) is 0 Å². The third kappa shape index (κ3) is 1.74. The lowest BCUT2D eigenvalue weighted by atomic mass is 10.4. The number of aromatic nitrogens is 4. The van der Waals surface area contributed by atoms with E-state index < -0.39 is 7.95 Å². The molecule has 0 saturated heterocycles. The largest absolute Gasteiger partial charge is 0.296 e. The number of hydrogen-bond donors (Lipinski definition) is 0. The Bertz CT molecular complexity index is 680. The first-order valence-electron chi connectivity index (χ1n) is 5.09. The smallest absolute Gasteiger partial charge is 0.212 e. The number of rotatable bonds is 2. The van der Waals surface area contributed by atoms with E-state index in [2.05, 4.69) is 15.0 Å². The Hall–Kier alpha value is -2.00. The average molecular weight is 244 g/mol. The first kappa shape index (κ1) is 10.2. The fourth-order valence-electron chi connectivity index (χ4n) is 1.65. The molecule has 0 saturated carbocycles. The monoisotopic (exact) mass is 244 g/mol. The third-order valence-corrected chi connectivity index (χ3v) is 3.99. The molecule has 3 aromatic rings. The Morgan fingerprint density at radius 1 is 1.18 bits per heavy atom. The fraction of sp³-hybridized carbons (Fsp3) is 0. The molecule has 0 aliphatic rings. The Morgan fingerprint density at radius 2 is 2.12 bits per heavy atom. The van der Waals surface area contributed by atoms with Gasteiger partial charge in [-0.1, -0.05) is 6.07 Å². The van der Waals surface area contributed by atoms with Crippen molar-refractivity contribution >= 4 is 24.4 Å². The molecule has 0 radical (unpaired) electrons. The van der Waals surface area contributed by atoms with Crippen molar-refractivity contribution in [1.82, 2.24) is 19.3 Å². The van der Waals surface area contributed by atoms with Gasteiger partial charge in [0.1, 0.15) is 17.4 Å². The van der Waals surface area contributed by atoms with Gasteiger partial charge in [0.25, 0.3) is 0 Å². The SMILES string of the molecule is O=[PH](c1ccccn1)n1ccc2cncnc21. The molecule has 1 atom stereocenters. The van der Waals surface area contributed by atoms with Gasteiger partial charge in [0.15, 0.2) is 0 Å². The topological polar surface area (TPSA) is 60.7 Å². The van der Waals surface area contributed by atoms with Gasteiger partial charge >= 0.3 is 0 Å². The summed E-state index contributed by atoms with van der Waals surface area (Å²) in [6.07, 6.45) is 6.55. The van der Waals surface area contributed by atoms with E-state index in [0.29, 0.717) is 11.1 Å². The van der Waals surface area contributed by atoms with Crippen LogP contribution in [-0.2, 0) is 4.57 Å².